The van der Waals surface area contributed by atoms with Gasteiger partial charge < -0.3 is 10.1 Å². The summed E-state index contributed by atoms with van der Waals surface area (Å²) in [5, 5.41) is 3.56. The molecule has 92 valence electrons. The van der Waals surface area contributed by atoms with Crippen molar-refractivity contribution in [2.45, 2.75) is 65.8 Å². The highest BCUT2D eigenvalue weighted by molar-refractivity contribution is 5.10. The molecule has 1 saturated heterocycles. The molecule has 0 amide bonds. The summed E-state index contributed by atoms with van der Waals surface area (Å²) in [5.74, 6) is 0.979. The van der Waals surface area contributed by atoms with Gasteiger partial charge in [-0.1, -0.05) is 34.1 Å². The lowest BCUT2D eigenvalue weighted by Gasteiger charge is -2.15. The van der Waals surface area contributed by atoms with E-state index >= 15 is 0 Å². The second-order valence-electron chi connectivity index (χ2n) is 4.05. The van der Waals surface area contributed by atoms with Crippen molar-refractivity contribution < 1.29 is 4.79 Å². The Bertz CT molecular complexity index is 116. The summed E-state index contributed by atoms with van der Waals surface area (Å²) in [4.78, 5) is 8.00. The zero-order valence-corrected chi connectivity index (χ0v) is 9.72. The molecule has 0 radical (unpaired) electrons. The smallest absolute Gasteiger partial charge is 0.106 e. The van der Waals surface area contributed by atoms with Crippen molar-refractivity contribution in [1.29, 1.82) is 0 Å². The van der Waals surface area contributed by atoms with Crippen LogP contribution in [0.3, 0.4) is 0 Å². The molecule has 0 aromatic heterocycles. The lowest BCUT2D eigenvalue weighted by atomic mass is 9.95. The van der Waals surface area contributed by atoms with Gasteiger partial charge in [-0.05, 0) is 38.1 Å². The fourth-order valence-corrected chi connectivity index (χ4v) is 2.14. The summed E-state index contributed by atoms with van der Waals surface area (Å²) in [6.07, 6.45) is 8.39. The van der Waals surface area contributed by atoms with Crippen molar-refractivity contribution in [1.82, 2.24) is 5.32 Å². The molecule has 1 unspecified atom stereocenters. The minimum Gasteiger partial charge on any atom is -0.314 e. The van der Waals surface area contributed by atoms with Gasteiger partial charge >= 0.3 is 0 Å². The van der Waals surface area contributed by atoms with Crippen LogP contribution in [0.1, 0.15) is 59.8 Å². The highest BCUT2D eigenvalue weighted by Gasteiger charge is 2.14. The van der Waals surface area contributed by atoms with Crippen LogP contribution in [0, 0.1) is 5.92 Å². The first-order chi connectivity index (χ1) is 6.86. The van der Waals surface area contributed by atoms with Gasteiger partial charge in [0.25, 0.3) is 0 Å². The third-order valence-electron chi connectivity index (χ3n) is 3.24. The number of nitrogens with one attached hydrogen (secondary N) is 1. The maximum absolute atomic E-state index is 8.00. The van der Waals surface area contributed by atoms with E-state index in [0.717, 1.165) is 12.0 Å². The molecule has 0 spiro atoms. The van der Waals surface area contributed by atoms with Gasteiger partial charge in [0.15, 0.2) is 0 Å². The zero-order chi connectivity index (χ0) is 10.8. The predicted molar refractivity (Wildman–Crippen MR) is 68.2 cm³/mol. The zero-order valence-electron chi connectivity index (χ0n) is 9.72. The molecule has 1 rings (SSSR count). The maximum Gasteiger partial charge on any atom is 0.106 e. The van der Waals surface area contributed by atoms with Crippen LogP contribution < -0.4 is 5.32 Å². The molecule has 1 N–H and O–H groups in total. The van der Waals surface area contributed by atoms with Crippen LogP contribution in [0.2, 0.25) is 0 Å². The topological polar surface area (TPSA) is 29.1 Å². The van der Waals surface area contributed by atoms with Crippen molar-refractivity contribution in [2.24, 2.45) is 5.92 Å². The fraction of sp³-hybridized carbons (Fsp3) is 0.923. The van der Waals surface area contributed by atoms with Crippen LogP contribution in [0.25, 0.3) is 0 Å². The lowest BCUT2D eigenvalue weighted by molar-refractivity contribution is -0.0979. The van der Waals surface area contributed by atoms with Crippen molar-refractivity contribution in [3.63, 3.8) is 0 Å². The number of carbonyl (C=O) groups is 1. The molecule has 1 heterocycles. The quantitative estimate of drug-likeness (QED) is 0.761. The monoisotopic (exact) mass is 215 g/mol. The van der Waals surface area contributed by atoms with Crippen LogP contribution in [-0.4, -0.2) is 19.4 Å². The Morgan fingerprint density at radius 3 is 2.33 bits per heavy atom. The van der Waals surface area contributed by atoms with Crippen LogP contribution in [0.5, 0.6) is 0 Å². The first kappa shape index (κ1) is 17.0. The standard InChI is InChI=1S/C11H23N.CH2O.CH4/c1-3-10(4-2)7-8-11-6-5-9-12-11;1-2;/h10-12H,3-9H2,1-2H3;1H2;1H4. The number of carbonyl (C=O) groups excluding carboxylic acids is 1. The van der Waals surface area contributed by atoms with Gasteiger partial charge in [0.05, 0.1) is 0 Å². The minimum absolute atomic E-state index is 0. The van der Waals surface area contributed by atoms with Gasteiger partial charge in [-0.2, -0.15) is 0 Å². The summed E-state index contributed by atoms with van der Waals surface area (Å²) < 4.78 is 0. The molecule has 2 heteroatoms. The molecule has 0 bridgehead atoms. The molecule has 0 saturated carbocycles. The number of hydrogen-bond acceptors (Lipinski definition) is 2. The SMILES string of the molecule is C.C=O.CCC(CC)CCC1CCCN1. The Labute approximate surface area is 95.8 Å². The highest BCUT2D eigenvalue weighted by atomic mass is 16.1. The second-order valence-corrected chi connectivity index (χ2v) is 4.05. The predicted octanol–water partition coefficient (Wildman–Crippen LogP) is 3.41. The van der Waals surface area contributed by atoms with Crippen molar-refractivity contribution >= 4 is 6.79 Å². The highest BCUT2D eigenvalue weighted by Crippen LogP contribution is 2.19. The first-order valence-electron chi connectivity index (χ1n) is 5.89. The lowest BCUT2D eigenvalue weighted by Crippen LogP contribution is -2.21. The Kier molecular flexibility index (Phi) is 13.3. The molecule has 1 aliphatic rings. The summed E-state index contributed by atoms with van der Waals surface area (Å²) >= 11 is 0. The van der Waals surface area contributed by atoms with Crippen molar-refractivity contribution in [2.75, 3.05) is 6.54 Å². The van der Waals surface area contributed by atoms with E-state index in [0.29, 0.717) is 0 Å². The molecule has 1 aliphatic heterocycles. The molecule has 0 aromatic rings. The first-order valence-corrected chi connectivity index (χ1v) is 5.89. The van der Waals surface area contributed by atoms with Crippen LogP contribution in [0.15, 0.2) is 0 Å². The van der Waals surface area contributed by atoms with E-state index in [1.165, 1.54) is 45.1 Å². The van der Waals surface area contributed by atoms with E-state index in [1.807, 2.05) is 6.79 Å². The van der Waals surface area contributed by atoms with Gasteiger partial charge in [-0.15, -0.1) is 0 Å². The Hall–Kier alpha value is -0.370. The number of rotatable bonds is 5. The van der Waals surface area contributed by atoms with Gasteiger partial charge in [-0.25, -0.2) is 0 Å². The van der Waals surface area contributed by atoms with Gasteiger partial charge in [-0.3, -0.25) is 0 Å². The average molecular weight is 215 g/mol. The minimum atomic E-state index is 0. The summed E-state index contributed by atoms with van der Waals surface area (Å²) in [6, 6.07) is 0.852. The van der Waals surface area contributed by atoms with E-state index in [4.69, 9.17) is 4.79 Å². The molecular formula is C13H29NO. The Balaban J connectivity index is 0. The van der Waals surface area contributed by atoms with Crippen molar-refractivity contribution in [3.8, 4) is 0 Å². The fourth-order valence-electron chi connectivity index (χ4n) is 2.14. The molecule has 0 aliphatic carbocycles. The molecule has 1 fully saturated rings. The van der Waals surface area contributed by atoms with Gasteiger partial charge in [0.1, 0.15) is 6.79 Å². The van der Waals surface area contributed by atoms with E-state index in [1.54, 1.807) is 0 Å². The maximum atomic E-state index is 8.00. The van der Waals surface area contributed by atoms with E-state index < -0.39 is 0 Å². The summed E-state index contributed by atoms with van der Waals surface area (Å²) in [6.45, 7) is 7.89. The average Bonchev–Trinajstić information content (AvgIpc) is 2.75. The normalized spacial score (nSPS) is 19.3. The second kappa shape index (κ2) is 11.7. The molecular weight excluding hydrogens is 186 g/mol. The van der Waals surface area contributed by atoms with E-state index in [-0.39, 0.29) is 7.43 Å². The summed E-state index contributed by atoms with van der Waals surface area (Å²) in [7, 11) is 0. The van der Waals surface area contributed by atoms with Crippen LogP contribution in [-0.2, 0) is 4.79 Å². The molecule has 0 aromatic carbocycles. The third-order valence-corrected chi connectivity index (χ3v) is 3.24. The summed E-state index contributed by atoms with van der Waals surface area (Å²) in [5.41, 5.74) is 0. The van der Waals surface area contributed by atoms with Crippen LogP contribution >= 0.6 is 0 Å². The largest absolute Gasteiger partial charge is 0.314 e. The third kappa shape index (κ3) is 7.55. The Morgan fingerprint density at radius 2 is 1.93 bits per heavy atom. The molecule has 15 heavy (non-hydrogen) atoms. The van der Waals surface area contributed by atoms with Crippen molar-refractivity contribution in [3.05, 3.63) is 0 Å². The molecule has 2 nitrogen and oxygen atoms in total. The van der Waals surface area contributed by atoms with E-state index in [9.17, 15) is 0 Å². The van der Waals surface area contributed by atoms with Crippen LogP contribution in [0.4, 0.5) is 0 Å². The Morgan fingerprint density at radius 1 is 1.33 bits per heavy atom. The number of hydrogen-bond donors (Lipinski definition) is 1. The molecule has 1 atom stereocenters. The van der Waals surface area contributed by atoms with E-state index in [2.05, 4.69) is 19.2 Å². The van der Waals surface area contributed by atoms with Gasteiger partial charge in [0, 0.05) is 6.04 Å². The van der Waals surface area contributed by atoms with Gasteiger partial charge in [0.2, 0.25) is 0 Å².